The Hall–Kier alpha value is -1.61. The largest absolute Gasteiger partial charge is 0.490 e. The average molecular weight is 231 g/mol. The molecule has 0 aliphatic heterocycles. The molecular formula is C14H17NO2. The standard InChI is InChI=1S/C14H17NO2/c1-3-11(16)9-17-14-6-4-5-13-12(14)8-7-10(2)15-13/h4-8,11,16H,3,9H2,1-2H3. The summed E-state index contributed by atoms with van der Waals surface area (Å²) in [7, 11) is 0. The Morgan fingerprint density at radius 1 is 1.29 bits per heavy atom. The second kappa shape index (κ2) is 5.15. The van der Waals surface area contributed by atoms with Crippen LogP contribution in [0.15, 0.2) is 30.3 Å². The van der Waals surface area contributed by atoms with Crippen LogP contribution in [0.1, 0.15) is 19.0 Å². The first-order valence-electron chi connectivity index (χ1n) is 5.88. The van der Waals surface area contributed by atoms with Gasteiger partial charge in [0, 0.05) is 11.1 Å². The highest BCUT2D eigenvalue weighted by Crippen LogP contribution is 2.24. The molecule has 0 fully saturated rings. The van der Waals surface area contributed by atoms with Crippen LogP contribution in [-0.4, -0.2) is 22.8 Å². The third-order valence-electron chi connectivity index (χ3n) is 2.73. The molecule has 1 heterocycles. The molecule has 90 valence electrons. The van der Waals surface area contributed by atoms with Crippen LogP contribution in [0, 0.1) is 6.92 Å². The number of hydrogen-bond acceptors (Lipinski definition) is 3. The number of fused-ring (bicyclic) bond motifs is 1. The normalized spacial score (nSPS) is 12.6. The second-order valence-corrected chi connectivity index (χ2v) is 4.15. The number of aryl methyl sites for hydroxylation is 1. The minimum atomic E-state index is -0.413. The van der Waals surface area contributed by atoms with Gasteiger partial charge in [-0.05, 0) is 37.6 Å². The summed E-state index contributed by atoms with van der Waals surface area (Å²) < 4.78 is 5.62. The molecule has 2 rings (SSSR count). The van der Waals surface area contributed by atoms with Gasteiger partial charge in [0.15, 0.2) is 0 Å². The lowest BCUT2D eigenvalue weighted by Crippen LogP contribution is -2.16. The minimum absolute atomic E-state index is 0.323. The third-order valence-corrected chi connectivity index (χ3v) is 2.73. The van der Waals surface area contributed by atoms with E-state index in [1.54, 1.807) is 0 Å². The average Bonchev–Trinajstić information content (AvgIpc) is 2.35. The summed E-state index contributed by atoms with van der Waals surface area (Å²) in [6.45, 7) is 4.22. The molecule has 17 heavy (non-hydrogen) atoms. The van der Waals surface area contributed by atoms with E-state index in [-0.39, 0.29) is 0 Å². The summed E-state index contributed by atoms with van der Waals surface area (Å²) in [5.41, 5.74) is 1.91. The maximum atomic E-state index is 9.49. The zero-order chi connectivity index (χ0) is 12.3. The van der Waals surface area contributed by atoms with Gasteiger partial charge in [0.1, 0.15) is 12.4 Å². The van der Waals surface area contributed by atoms with Crippen molar-refractivity contribution < 1.29 is 9.84 Å². The number of pyridine rings is 1. The molecular weight excluding hydrogens is 214 g/mol. The van der Waals surface area contributed by atoms with Crippen molar-refractivity contribution >= 4 is 10.9 Å². The number of aliphatic hydroxyl groups excluding tert-OH is 1. The second-order valence-electron chi connectivity index (χ2n) is 4.15. The Labute approximate surface area is 101 Å². The van der Waals surface area contributed by atoms with Gasteiger partial charge in [-0.2, -0.15) is 0 Å². The Morgan fingerprint density at radius 3 is 2.88 bits per heavy atom. The summed E-state index contributed by atoms with van der Waals surface area (Å²) in [4.78, 5) is 4.44. The van der Waals surface area contributed by atoms with Crippen molar-refractivity contribution in [3.8, 4) is 5.75 Å². The summed E-state index contributed by atoms with van der Waals surface area (Å²) in [6, 6.07) is 9.76. The van der Waals surface area contributed by atoms with E-state index in [4.69, 9.17) is 4.74 Å². The SMILES string of the molecule is CCC(O)COc1cccc2nc(C)ccc12. The maximum Gasteiger partial charge on any atom is 0.128 e. The van der Waals surface area contributed by atoms with Crippen molar-refractivity contribution in [2.75, 3.05) is 6.61 Å². The van der Waals surface area contributed by atoms with E-state index in [0.717, 1.165) is 22.3 Å². The predicted octanol–water partition coefficient (Wildman–Crippen LogP) is 2.69. The molecule has 3 nitrogen and oxygen atoms in total. The van der Waals surface area contributed by atoms with E-state index in [1.165, 1.54) is 0 Å². The number of aromatic nitrogens is 1. The lowest BCUT2D eigenvalue weighted by molar-refractivity contribution is 0.105. The Balaban J connectivity index is 2.28. The van der Waals surface area contributed by atoms with Gasteiger partial charge in [-0.25, -0.2) is 0 Å². The molecule has 1 atom stereocenters. The summed E-state index contributed by atoms with van der Waals surface area (Å²) in [5, 5.41) is 10.5. The van der Waals surface area contributed by atoms with Crippen LogP contribution in [0.3, 0.4) is 0 Å². The van der Waals surface area contributed by atoms with E-state index in [0.29, 0.717) is 13.0 Å². The van der Waals surface area contributed by atoms with Crippen LogP contribution in [-0.2, 0) is 0 Å². The molecule has 2 aromatic rings. The number of aliphatic hydroxyl groups is 1. The molecule has 0 spiro atoms. The Kier molecular flexibility index (Phi) is 3.59. The lowest BCUT2D eigenvalue weighted by atomic mass is 10.2. The van der Waals surface area contributed by atoms with Gasteiger partial charge >= 0.3 is 0 Å². The molecule has 1 aromatic carbocycles. The van der Waals surface area contributed by atoms with Crippen molar-refractivity contribution in [1.29, 1.82) is 0 Å². The zero-order valence-electron chi connectivity index (χ0n) is 10.2. The molecule has 1 unspecified atom stereocenters. The highest BCUT2D eigenvalue weighted by atomic mass is 16.5. The van der Waals surface area contributed by atoms with Gasteiger partial charge < -0.3 is 9.84 Å². The van der Waals surface area contributed by atoms with E-state index in [2.05, 4.69) is 4.98 Å². The number of rotatable bonds is 4. The minimum Gasteiger partial charge on any atom is -0.490 e. The molecule has 0 saturated heterocycles. The quantitative estimate of drug-likeness (QED) is 0.879. The van der Waals surface area contributed by atoms with Crippen molar-refractivity contribution in [2.24, 2.45) is 0 Å². The topological polar surface area (TPSA) is 42.4 Å². The molecule has 0 bridgehead atoms. The van der Waals surface area contributed by atoms with Crippen LogP contribution >= 0.6 is 0 Å². The molecule has 3 heteroatoms. The first-order valence-corrected chi connectivity index (χ1v) is 5.88. The fraction of sp³-hybridized carbons (Fsp3) is 0.357. The molecule has 0 radical (unpaired) electrons. The van der Waals surface area contributed by atoms with Gasteiger partial charge in [0.25, 0.3) is 0 Å². The number of nitrogens with zero attached hydrogens (tertiary/aromatic N) is 1. The van der Waals surface area contributed by atoms with Crippen molar-refractivity contribution in [3.63, 3.8) is 0 Å². The highest BCUT2D eigenvalue weighted by molar-refractivity contribution is 5.85. The molecule has 0 amide bonds. The molecule has 0 aliphatic rings. The van der Waals surface area contributed by atoms with Crippen LogP contribution in [0.5, 0.6) is 5.75 Å². The van der Waals surface area contributed by atoms with Crippen LogP contribution < -0.4 is 4.74 Å². The van der Waals surface area contributed by atoms with Gasteiger partial charge in [0.05, 0.1) is 11.6 Å². The summed E-state index contributed by atoms with van der Waals surface area (Å²) in [5.74, 6) is 0.780. The maximum absolute atomic E-state index is 9.49. The Morgan fingerprint density at radius 2 is 2.12 bits per heavy atom. The zero-order valence-corrected chi connectivity index (χ0v) is 10.2. The van der Waals surface area contributed by atoms with E-state index >= 15 is 0 Å². The highest BCUT2D eigenvalue weighted by Gasteiger charge is 2.06. The summed E-state index contributed by atoms with van der Waals surface area (Å²) in [6.07, 6.45) is 0.283. The van der Waals surface area contributed by atoms with Crippen molar-refractivity contribution in [1.82, 2.24) is 4.98 Å². The fourth-order valence-electron chi connectivity index (χ4n) is 1.66. The van der Waals surface area contributed by atoms with E-state index < -0.39 is 6.10 Å². The smallest absolute Gasteiger partial charge is 0.128 e. The Bertz CT molecular complexity index is 511. The monoisotopic (exact) mass is 231 g/mol. The number of ether oxygens (including phenoxy) is 1. The predicted molar refractivity (Wildman–Crippen MR) is 68.3 cm³/mol. The van der Waals surface area contributed by atoms with Crippen molar-refractivity contribution in [2.45, 2.75) is 26.4 Å². The van der Waals surface area contributed by atoms with Gasteiger partial charge in [0.2, 0.25) is 0 Å². The first-order chi connectivity index (χ1) is 8.20. The van der Waals surface area contributed by atoms with E-state index in [9.17, 15) is 5.11 Å². The lowest BCUT2D eigenvalue weighted by Gasteiger charge is -2.12. The summed E-state index contributed by atoms with van der Waals surface area (Å²) >= 11 is 0. The third kappa shape index (κ3) is 2.74. The fourth-order valence-corrected chi connectivity index (χ4v) is 1.66. The number of benzene rings is 1. The van der Waals surface area contributed by atoms with Crippen LogP contribution in [0.2, 0.25) is 0 Å². The van der Waals surface area contributed by atoms with Gasteiger partial charge in [-0.15, -0.1) is 0 Å². The molecule has 0 saturated carbocycles. The van der Waals surface area contributed by atoms with E-state index in [1.807, 2.05) is 44.2 Å². The first kappa shape index (κ1) is 11.9. The van der Waals surface area contributed by atoms with Gasteiger partial charge in [-0.1, -0.05) is 13.0 Å². The molecule has 1 aromatic heterocycles. The molecule has 1 N–H and O–H groups in total. The van der Waals surface area contributed by atoms with Crippen molar-refractivity contribution in [3.05, 3.63) is 36.0 Å². The van der Waals surface area contributed by atoms with Gasteiger partial charge in [-0.3, -0.25) is 4.98 Å². The number of hydrogen-bond donors (Lipinski definition) is 1. The van der Waals surface area contributed by atoms with Crippen LogP contribution in [0.25, 0.3) is 10.9 Å². The van der Waals surface area contributed by atoms with Crippen LogP contribution in [0.4, 0.5) is 0 Å². The molecule has 0 aliphatic carbocycles.